The molecule has 2 aromatic carbocycles. The summed E-state index contributed by atoms with van der Waals surface area (Å²) in [5, 5.41) is 3.89. The minimum atomic E-state index is -4.55. The second-order valence-corrected chi connectivity index (χ2v) is 6.09. The van der Waals surface area contributed by atoms with E-state index in [0.717, 1.165) is 15.6 Å². The SMILES string of the molecule is Cc1cc(C(F)(F)F)n(-c2ccc(N3C(=O)c4ccccc4C3=O)cc2)n1. The lowest BCUT2D eigenvalue weighted by Gasteiger charge is -2.15. The van der Waals surface area contributed by atoms with E-state index >= 15 is 0 Å². The number of anilines is 1. The van der Waals surface area contributed by atoms with E-state index in [-0.39, 0.29) is 17.1 Å². The Kier molecular flexibility index (Phi) is 3.66. The fourth-order valence-corrected chi connectivity index (χ4v) is 3.06. The lowest BCUT2D eigenvalue weighted by atomic mass is 10.1. The van der Waals surface area contributed by atoms with Gasteiger partial charge in [-0.25, -0.2) is 9.58 Å². The van der Waals surface area contributed by atoms with E-state index in [2.05, 4.69) is 5.10 Å². The highest BCUT2D eigenvalue weighted by Crippen LogP contribution is 2.33. The van der Waals surface area contributed by atoms with Gasteiger partial charge in [0.25, 0.3) is 11.8 Å². The zero-order valence-electron chi connectivity index (χ0n) is 14.0. The molecule has 0 unspecified atom stereocenters. The maximum absolute atomic E-state index is 13.2. The van der Waals surface area contributed by atoms with E-state index in [1.54, 1.807) is 24.3 Å². The molecule has 0 radical (unpaired) electrons. The van der Waals surface area contributed by atoms with Gasteiger partial charge >= 0.3 is 6.18 Å². The number of hydrogen-bond acceptors (Lipinski definition) is 3. The highest BCUT2D eigenvalue weighted by molar-refractivity contribution is 6.34. The van der Waals surface area contributed by atoms with Crippen LogP contribution in [0.1, 0.15) is 32.1 Å². The Morgan fingerprint density at radius 2 is 1.37 bits per heavy atom. The second kappa shape index (κ2) is 5.80. The molecule has 2 amide bonds. The standard InChI is InChI=1S/C19H12F3N3O2/c1-11-10-16(19(20,21)22)25(23-11)13-8-6-12(7-9-13)24-17(26)14-4-2-3-5-15(14)18(24)27/h2-10H,1H3. The molecule has 1 aliphatic rings. The minimum absolute atomic E-state index is 0.177. The van der Waals surface area contributed by atoms with Gasteiger partial charge < -0.3 is 0 Å². The third-order valence-corrected chi connectivity index (χ3v) is 4.27. The van der Waals surface area contributed by atoms with Gasteiger partial charge in [-0.3, -0.25) is 9.59 Å². The predicted octanol–water partition coefficient (Wildman–Crippen LogP) is 4.00. The van der Waals surface area contributed by atoms with Crippen molar-refractivity contribution >= 4 is 17.5 Å². The molecule has 1 aliphatic heterocycles. The van der Waals surface area contributed by atoms with Crippen molar-refractivity contribution in [2.45, 2.75) is 13.1 Å². The number of carbonyl (C=O) groups excluding carboxylic acids is 2. The van der Waals surface area contributed by atoms with Crippen molar-refractivity contribution in [2.24, 2.45) is 0 Å². The lowest BCUT2D eigenvalue weighted by molar-refractivity contribution is -0.142. The third-order valence-electron chi connectivity index (χ3n) is 4.27. The third kappa shape index (κ3) is 2.69. The summed E-state index contributed by atoms with van der Waals surface area (Å²) in [5.41, 5.74) is 0.390. The smallest absolute Gasteiger partial charge is 0.268 e. The van der Waals surface area contributed by atoms with Crippen LogP contribution in [0.25, 0.3) is 5.69 Å². The maximum atomic E-state index is 13.2. The van der Waals surface area contributed by atoms with E-state index in [1.165, 1.54) is 31.2 Å². The first-order chi connectivity index (χ1) is 12.8. The van der Waals surface area contributed by atoms with Crippen LogP contribution in [0.4, 0.5) is 18.9 Å². The van der Waals surface area contributed by atoms with Gasteiger partial charge in [-0.1, -0.05) is 12.1 Å². The molecular formula is C19H12F3N3O2. The molecule has 2 heterocycles. The molecule has 0 atom stereocenters. The van der Waals surface area contributed by atoms with Crippen LogP contribution in [0.5, 0.6) is 0 Å². The summed E-state index contributed by atoms with van der Waals surface area (Å²) >= 11 is 0. The number of rotatable bonds is 2. The molecule has 27 heavy (non-hydrogen) atoms. The Balaban J connectivity index is 1.71. The van der Waals surface area contributed by atoms with Gasteiger partial charge in [-0.15, -0.1) is 0 Å². The van der Waals surface area contributed by atoms with Crippen molar-refractivity contribution < 1.29 is 22.8 Å². The number of nitrogens with zero attached hydrogens (tertiary/aromatic N) is 3. The summed E-state index contributed by atoms with van der Waals surface area (Å²) in [6, 6.07) is 13.0. The van der Waals surface area contributed by atoms with Crippen molar-refractivity contribution in [3.63, 3.8) is 0 Å². The average Bonchev–Trinajstić information content (AvgIpc) is 3.15. The molecule has 0 aliphatic carbocycles. The fourth-order valence-electron chi connectivity index (χ4n) is 3.06. The van der Waals surface area contributed by atoms with E-state index in [1.807, 2.05) is 0 Å². The average molecular weight is 371 g/mol. The van der Waals surface area contributed by atoms with Crippen molar-refractivity contribution in [1.82, 2.24) is 9.78 Å². The number of amides is 2. The van der Waals surface area contributed by atoms with Crippen molar-refractivity contribution in [2.75, 3.05) is 4.90 Å². The van der Waals surface area contributed by atoms with Gasteiger partial charge in [-0.05, 0) is 49.4 Å². The molecule has 0 bridgehead atoms. The number of fused-ring (bicyclic) bond motifs is 1. The maximum Gasteiger partial charge on any atom is 0.433 e. The number of halogens is 3. The number of hydrogen-bond donors (Lipinski definition) is 0. The van der Waals surface area contributed by atoms with Gasteiger partial charge in [0, 0.05) is 0 Å². The highest BCUT2D eigenvalue weighted by Gasteiger charge is 2.37. The largest absolute Gasteiger partial charge is 0.433 e. The van der Waals surface area contributed by atoms with E-state index < -0.39 is 23.7 Å². The Morgan fingerprint density at radius 3 is 1.89 bits per heavy atom. The van der Waals surface area contributed by atoms with Crippen LogP contribution < -0.4 is 4.90 Å². The quantitative estimate of drug-likeness (QED) is 0.640. The zero-order chi connectivity index (χ0) is 19.3. The summed E-state index contributed by atoms with van der Waals surface area (Å²) < 4.78 is 40.3. The molecule has 1 aromatic heterocycles. The summed E-state index contributed by atoms with van der Waals surface area (Å²) in [7, 11) is 0. The number of alkyl halides is 3. The van der Waals surface area contributed by atoms with Gasteiger partial charge in [0.05, 0.1) is 28.2 Å². The van der Waals surface area contributed by atoms with Gasteiger partial charge in [0.1, 0.15) is 5.69 Å². The normalized spacial score (nSPS) is 14.0. The van der Waals surface area contributed by atoms with Crippen LogP contribution >= 0.6 is 0 Å². The Bertz CT molecular complexity index is 1030. The number of imide groups is 1. The first-order valence-corrected chi connectivity index (χ1v) is 7.99. The molecule has 4 rings (SSSR count). The fraction of sp³-hybridized carbons (Fsp3) is 0.105. The van der Waals surface area contributed by atoms with Crippen LogP contribution in [0.15, 0.2) is 54.6 Å². The van der Waals surface area contributed by atoms with Crippen LogP contribution in [-0.2, 0) is 6.18 Å². The van der Waals surface area contributed by atoms with Crippen LogP contribution in [0.3, 0.4) is 0 Å². The van der Waals surface area contributed by atoms with Crippen LogP contribution in [-0.4, -0.2) is 21.6 Å². The molecule has 0 N–H and O–H groups in total. The zero-order valence-corrected chi connectivity index (χ0v) is 14.0. The molecule has 0 saturated carbocycles. The van der Waals surface area contributed by atoms with Crippen molar-refractivity contribution in [3.8, 4) is 5.69 Å². The number of aromatic nitrogens is 2. The molecule has 5 nitrogen and oxygen atoms in total. The Labute approximate surface area is 151 Å². The molecule has 3 aromatic rings. The summed E-state index contributed by atoms with van der Waals surface area (Å²) in [6.45, 7) is 1.47. The summed E-state index contributed by atoms with van der Waals surface area (Å²) in [6.07, 6.45) is -4.55. The van der Waals surface area contributed by atoms with Gasteiger partial charge in [-0.2, -0.15) is 18.3 Å². The number of benzene rings is 2. The van der Waals surface area contributed by atoms with Crippen LogP contribution in [0.2, 0.25) is 0 Å². The Morgan fingerprint density at radius 1 is 0.852 bits per heavy atom. The van der Waals surface area contributed by atoms with Crippen molar-refractivity contribution in [1.29, 1.82) is 0 Å². The molecule has 0 saturated heterocycles. The Hall–Kier alpha value is -3.42. The predicted molar refractivity (Wildman–Crippen MR) is 90.9 cm³/mol. The van der Waals surface area contributed by atoms with E-state index in [9.17, 15) is 22.8 Å². The van der Waals surface area contributed by atoms with Crippen LogP contribution in [0, 0.1) is 6.92 Å². The first kappa shape index (κ1) is 17.0. The molecule has 8 heteroatoms. The van der Waals surface area contributed by atoms with E-state index in [0.29, 0.717) is 11.1 Å². The van der Waals surface area contributed by atoms with Gasteiger partial charge in [0.15, 0.2) is 0 Å². The molecule has 0 fully saturated rings. The molecular weight excluding hydrogens is 359 g/mol. The summed E-state index contributed by atoms with van der Waals surface area (Å²) in [4.78, 5) is 26.0. The molecule has 0 spiro atoms. The number of aryl methyl sites for hydroxylation is 1. The van der Waals surface area contributed by atoms with Gasteiger partial charge in [0.2, 0.25) is 0 Å². The minimum Gasteiger partial charge on any atom is -0.268 e. The van der Waals surface area contributed by atoms with E-state index in [4.69, 9.17) is 0 Å². The summed E-state index contributed by atoms with van der Waals surface area (Å²) in [5.74, 6) is -0.927. The second-order valence-electron chi connectivity index (χ2n) is 6.09. The first-order valence-electron chi connectivity index (χ1n) is 7.99. The van der Waals surface area contributed by atoms with Crippen molar-refractivity contribution in [3.05, 3.63) is 77.1 Å². The number of carbonyl (C=O) groups is 2. The molecule has 136 valence electrons. The topological polar surface area (TPSA) is 55.2 Å². The monoisotopic (exact) mass is 371 g/mol. The lowest BCUT2D eigenvalue weighted by Crippen LogP contribution is -2.29. The highest BCUT2D eigenvalue weighted by atomic mass is 19.4.